The van der Waals surface area contributed by atoms with Gasteiger partial charge in [0.05, 0.1) is 12.0 Å². The zero-order chi connectivity index (χ0) is 14.7. The predicted octanol–water partition coefficient (Wildman–Crippen LogP) is 1.15. The third-order valence-electron chi connectivity index (χ3n) is 4.76. The topological polar surface area (TPSA) is 45.7 Å². The number of piperidine rings is 1. The monoisotopic (exact) mass is 289 g/mol. The number of pyridine rings is 1. The van der Waals surface area contributed by atoms with Crippen LogP contribution in [-0.4, -0.2) is 60.6 Å². The summed E-state index contributed by atoms with van der Waals surface area (Å²) in [5.74, 6) is 0.331. The number of ether oxygens (including phenoxy) is 1. The minimum atomic E-state index is -0.0776. The molecule has 0 bridgehead atoms. The molecule has 2 aliphatic rings. The van der Waals surface area contributed by atoms with Crippen LogP contribution in [0.4, 0.5) is 0 Å². The van der Waals surface area contributed by atoms with E-state index in [0.29, 0.717) is 12.5 Å². The van der Waals surface area contributed by atoms with Gasteiger partial charge in [-0.1, -0.05) is 6.07 Å². The fourth-order valence-corrected chi connectivity index (χ4v) is 3.39. The van der Waals surface area contributed by atoms with Crippen molar-refractivity contribution in [2.24, 2.45) is 5.41 Å². The van der Waals surface area contributed by atoms with Crippen LogP contribution in [0, 0.1) is 5.41 Å². The van der Waals surface area contributed by atoms with E-state index in [-0.39, 0.29) is 5.41 Å². The van der Waals surface area contributed by atoms with Crippen molar-refractivity contribution in [1.82, 2.24) is 14.8 Å². The van der Waals surface area contributed by atoms with Gasteiger partial charge in [-0.05, 0) is 37.6 Å². The summed E-state index contributed by atoms with van der Waals surface area (Å²) >= 11 is 0. The second-order valence-corrected chi connectivity index (χ2v) is 6.14. The molecule has 21 heavy (non-hydrogen) atoms. The van der Waals surface area contributed by atoms with Crippen molar-refractivity contribution in [1.29, 1.82) is 0 Å². The summed E-state index contributed by atoms with van der Waals surface area (Å²) in [4.78, 5) is 21.0. The molecule has 0 atom stereocenters. The number of carbonyl (C=O) groups is 1. The first-order valence-electron chi connectivity index (χ1n) is 7.63. The highest BCUT2D eigenvalue weighted by atomic mass is 16.5. The lowest BCUT2D eigenvalue weighted by Gasteiger charge is -2.52. The molecule has 5 nitrogen and oxygen atoms in total. The Morgan fingerprint density at radius 3 is 2.81 bits per heavy atom. The Labute approximate surface area is 125 Å². The standard InChI is InChI=1S/C16H23N3O2/c1-21-10-9-18-7-4-16(5-8-18)13-19(15(16)20)12-14-3-2-6-17-11-14/h2-3,6,11H,4-5,7-10,12-13H2,1H3. The van der Waals surface area contributed by atoms with Gasteiger partial charge in [-0.3, -0.25) is 9.78 Å². The second-order valence-electron chi connectivity index (χ2n) is 6.14. The van der Waals surface area contributed by atoms with Gasteiger partial charge in [0.15, 0.2) is 0 Å². The molecule has 1 aromatic heterocycles. The van der Waals surface area contributed by atoms with Gasteiger partial charge in [0.25, 0.3) is 0 Å². The number of carbonyl (C=O) groups excluding carboxylic acids is 1. The Bertz CT molecular complexity index is 484. The van der Waals surface area contributed by atoms with Gasteiger partial charge < -0.3 is 14.5 Å². The Morgan fingerprint density at radius 2 is 2.19 bits per heavy atom. The normalized spacial score (nSPS) is 21.6. The molecule has 2 fully saturated rings. The number of β-lactam (4-membered cyclic amide) rings is 1. The zero-order valence-corrected chi connectivity index (χ0v) is 12.6. The highest BCUT2D eigenvalue weighted by Gasteiger charge is 2.52. The fraction of sp³-hybridized carbons (Fsp3) is 0.625. The summed E-state index contributed by atoms with van der Waals surface area (Å²) in [5, 5.41) is 0. The molecule has 0 aromatic carbocycles. The molecule has 1 amide bonds. The SMILES string of the molecule is COCCN1CCC2(CC1)CN(Cc1cccnc1)C2=O. The van der Waals surface area contributed by atoms with Gasteiger partial charge in [0, 0.05) is 39.1 Å². The van der Waals surface area contributed by atoms with Gasteiger partial charge in [0.2, 0.25) is 5.91 Å². The highest BCUT2D eigenvalue weighted by Crippen LogP contribution is 2.42. The molecule has 1 aromatic rings. The third kappa shape index (κ3) is 2.94. The number of hydrogen-bond donors (Lipinski definition) is 0. The van der Waals surface area contributed by atoms with E-state index >= 15 is 0 Å². The number of methoxy groups -OCH3 is 1. The Morgan fingerprint density at radius 1 is 1.38 bits per heavy atom. The Balaban J connectivity index is 1.50. The van der Waals surface area contributed by atoms with E-state index in [2.05, 4.69) is 9.88 Å². The van der Waals surface area contributed by atoms with Crippen LogP contribution < -0.4 is 0 Å². The molecule has 2 saturated heterocycles. The molecule has 114 valence electrons. The van der Waals surface area contributed by atoms with Crippen LogP contribution in [-0.2, 0) is 16.1 Å². The average molecular weight is 289 g/mol. The highest BCUT2D eigenvalue weighted by molar-refractivity contribution is 5.88. The first-order valence-corrected chi connectivity index (χ1v) is 7.63. The van der Waals surface area contributed by atoms with Crippen molar-refractivity contribution in [3.05, 3.63) is 30.1 Å². The van der Waals surface area contributed by atoms with E-state index in [1.54, 1.807) is 13.3 Å². The molecular weight excluding hydrogens is 266 g/mol. The predicted molar refractivity (Wildman–Crippen MR) is 79.6 cm³/mol. The summed E-state index contributed by atoms with van der Waals surface area (Å²) < 4.78 is 5.12. The van der Waals surface area contributed by atoms with Crippen molar-refractivity contribution < 1.29 is 9.53 Å². The number of likely N-dealkylation sites (tertiary alicyclic amines) is 2. The van der Waals surface area contributed by atoms with Crippen molar-refractivity contribution in [3.8, 4) is 0 Å². The second kappa shape index (κ2) is 6.12. The van der Waals surface area contributed by atoms with Crippen LogP contribution in [0.2, 0.25) is 0 Å². The summed E-state index contributed by atoms with van der Waals surface area (Å²) in [5.41, 5.74) is 1.03. The van der Waals surface area contributed by atoms with E-state index in [9.17, 15) is 4.79 Å². The van der Waals surface area contributed by atoms with Crippen LogP contribution in [0.1, 0.15) is 18.4 Å². The number of aromatic nitrogens is 1. The van der Waals surface area contributed by atoms with Gasteiger partial charge in [-0.25, -0.2) is 0 Å². The first-order chi connectivity index (χ1) is 10.2. The average Bonchev–Trinajstić information content (AvgIpc) is 2.54. The quantitative estimate of drug-likeness (QED) is 0.763. The third-order valence-corrected chi connectivity index (χ3v) is 4.76. The van der Waals surface area contributed by atoms with E-state index in [1.807, 2.05) is 23.2 Å². The van der Waals surface area contributed by atoms with Gasteiger partial charge in [-0.15, -0.1) is 0 Å². The van der Waals surface area contributed by atoms with Crippen molar-refractivity contribution in [2.45, 2.75) is 19.4 Å². The number of rotatable bonds is 5. The van der Waals surface area contributed by atoms with Gasteiger partial charge >= 0.3 is 0 Å². The Kier molecular flexibility index (Phi) is 4.22. The first kappa shape index (κ1) is 14.5. The summed E-state index contributed by atoms with van der Waals surface area (Å²) in [7, 11) is 1.73. The van der Waals surface area contributed by atoms with E-state index < -0.39 is 0 Å². The molecule has 2 aliphatic heterocycles. The molecule has 1 spiro atoms. The lowest BCUT2D eigenvalue weighted by atomic mass is 9.71. The number of amides is 1. The molecular formula is C16H23N3O2. The van der Waals surface area contributed by atoms with Gasteiger partial charge in [0.1, 0.15) is 0 Å². The van der Waals surface area contributed by atoms with E-state index in [4.69, 9.17) is 4.74 Å². The zero-order valence-electron chi connectivity index (χ0n) is 12.6. The molecule has 0 unspecified atom stereocenters. The number of nitrogens with zero attached hydrogens (tertiary/aromatic N) is 3. The minimum Gasteiger partial charge on any atom is -0.383 e. The van der Waals surface area contributed by atoms with Crippen molar-refractivity contribution >= 4 is 5.91 Å². The summed E-state index contributed by atoms with van der Waals surface area (Å²) in [6, 6.07) is 3.95. The van der Waals surface area contributed by atoms with Crippen LogP contribution >= 0.6 is 0 Å². The lowest BCUT2D eigenvalue weighted by molar-refractivity contribution is -0.166. The maximum atomic E-state index is 12.5. The van der Waals surface area contributed by atoms with Crippen molar-refractivity contribution in [2.75, 3.05) is 39.9 Å². The fourth-order valence-electron chi connectivity index (χ4n) is 3.39. The maximum absolute atomic E-state index is 12.5. The smallest absolute Gasteiger partial charge is 0.231 e. The molecule has 0 radical (unpaired) electrons. The van der Waals surface area contributed by atoms with Gasteiger partial charge in [-0.2, -0.15) is 0 Å². The molecule has 0 N–H and O–H groups in total. The molecule has 3 heterocycles. The van der Waals surface area contributed by atoms with Crippen LogP contribution in [0.5, 0.6) is 0 Å². The van der Waals surface area contributed by atoms with Crippen molar-refractivity contribution in [3.63, 3.8) is 0 Å². The van der Waals surface area contributed by atoms with Crippen LogP contribution in [0.25, 0.3) is 0 Å². The minimum absolute atomic E-state index is 0.0776. The molecule has 5 heteroatoms. The number of hydrogen-bond acceptors (Lipinski definition) is 4. The summed E-state index contributed by atoms with van der Waals surface area (Å²) in [6.45, 7) is 5.36. The van der Waals surface area contributed by atoms with Crippen LogP contribution in [0.3, 0.4) is 0 Å². The maximum Gasteiger partial charge on any atom is 0.231 e. The molecule has 0 aliphatic carbocycles. The molecule has 3 rings (SSSR count). The molecule has 0 saturated carbocycles. The van der Waals surface area contributed by atoms with E-state index in [0.717, 1.165) is 51.2 Å². The largest absolute Gasteiger partial charge is 0.383 e. The van der Waals surface area contributed by atoms with E-state index in [1.165, 1.54) is 0 Å². The van der Waals surface area contributed by atoms with Crippen LogP contribution in [0.15, 0.2) is 24.5 Å². The Hall–Kier alpha value is -1.46. The lowest BCUT2D eigenvalue weighted by Crippen LogP contribution is -2.64. The summed E-state index contributed by atoms with van der Waals surface area (Å²) in [6.07, 6.45) is 5.57.